The van der Waals surface area contributed by atoms with Crippen molar-refractivity contribution < 1.29 is 17.9 Å². The van der Waals surface area contributed by atoms with Gasteiger partial charge in [-0.3, -0.25) is 0 Å². The number of urea groups is 1. The number of hydrogen-bond donors (Lipinski definition) is 2. The van der Waals surface area contributed by atoms with Crippen LogP contribution in [0.1, 0.15) is 13.3 Å². The van der Waals surface area contributed by atoms with Crippen LogP contribution in [-0.2, 0) is 10.0 Å². The molecule has 2 amide bonds. The van der Waals surface area contributed by atoms with Crippen LogP contribution in [0.15, 0.2) is 29.2 Å². The standard InChI is InChI=1S/C11H16N2O4S/c1-3-8-12-11(14)13-18(15,16)10-6-4-9(17-2)5-7-10/h4-7H,3,8H2,1-2H3,(H2,12,13,14). The molecule has 0 aromatic heterocycles. The van der Waals surface area contributed by atoms with Crippen molar-refractivity contribution in [1.82, 2.24) is 10.0 Å². The highest BCUT2D eigenvalue weighted by atomic mass is 32.2. The van der Waals surface area contributed by atoms with E-state index in [0.717, 1.165) is 6.42 Å². The maximum Gasteiger partial charge on any atom is 0.328 e. The molecule has 0 heterocycles. The highest BCUT2D eigenvalue weighted by Gasteiger charge is 2.16. The van der Waals surface area contributed by atoms with Crippen LogP contribution in [0.4, 0.5) is 4.79 Å². The SMILES string of the molecule is CCCNC(=O)NS(=O)(=O)c1ccc(OC)cc1. The van der Waals surface area contributed by atoms with Gasteiger partial charge in [-0.2, -0.15) is 0 Å². The first-order valence-electron chi connectivity index (χ1n) is 5.44. The lowest BCUT2D eigenvalue weighted by molar-refractivity contribution is 0.246. The summed E-state index contributed by atoms with van der Waals surface area (Å²) in [5.74, 6) is 0.546. The van der Waals surface area contributed by atoms with Gasteiger partial charge in [0.25, 0.3) is 10.0 Å². The van der Waals surface area contributed by atoms with Crippen molar-refractivity contribution in [3.63, 3.8) is 0 Å². The molecule has 18 heavy (non-hydrogen) atoms. The van der Waals surface area contributed by atoms with Crippen LogP contribution in [0.25, 0.3) is 0 Å². The van der Waals surface area contributed by atoms with E-state index in [1.54, 1.807) is 0 Å². The number of sulfonamides is 1. The first-order chi connectivity index (χ1) is 8.49. The topological polar surface area (TPSA) is 84.5 Å². The number of hydrogen-bond acceptors (Lipinski definition) is 4. The summed E-state index contributed by atoms with van der Waals surface area (Å²) in [6, 6.07) is 5.03. The maximum absolute atomic E-state index is 11.8. The first kappa shape index (κ1) is 14.3. The molecule has 0 fully saturated rings. The Hall–Kier alpha value is -1.76. The third kappa shape index (κ3) is 3.92. The zero-order valence-electron chi connectivity index (χ0n) is 10.3. The summed E-state index contributed by atoms with van der Waals surface area (Å²) in [7, 11) is -2.35. The Morgan fingerprint density at radius 3 is 2.39 bits per heavy atom. The Morgan fingerprint density at radius 1 is 1.28 bits per heavy atom. The van der Waals surface area contributed by atoms with Crippen LogP contribution >= 0.6 is 0 Å². The Kier molecular flexibility index (Phi) is 4.96. The number of nitrogens with one attached hydrogen (secondary N) is 2. The van der Waals surface area contributed by atoms with Crippen molar-refractivity contribution in [2.75, 3.05) is 13.7 Å². The molecule has 1 aromatic rings. The van der Waals surface area contributed by atoms with Crippen molar-refractivity contribution in [2.45, 2.75) is 18.2 Å². The van der Waals surface area contributed by atoms with Gasteiger partial charge in [-0.25, -0.2) is 17.9 Å². The quantitative estimate of drug-likeness (QED) is 0.840. The van der Waals surface area contributed by atoms with E-state index in [1.165, 1.54) is 31.4 Å². The van der Waals surface area contributed by atoms with Gasteiger partial charge in [-0.15, -0.1) is 0 Å². The Morgan fingerprint density at radius 2 is 1.89 bits per heavy atom. The second-order valence-corrected chi connectivity index (χ2v) is 5.22. The molecule has 0 atom stereocenters. The Bertz CT molecular complexity index is 496. The molecule has 6 nitrogen and oxygen atoms in total. The van der Waals surface area contributed by atoms with Gasteiger partial charge in [0, 0.05) is 6.54 Å². The summed E-state index contributed by atoms with van der Waals surface area (Å²) in [6.07, 6.45) is 0.732. The van der Waals surface area contributed by atoms with Crippen LogP contribution < -0.4 is 14.8 Å². The van der Waals surface area contributed by atoms with Gasteiger partial charge in [0.05, 0.1) is 12.0 Å². The second-order valence-electron chi connectivity index (χ2n) is 3.54. The number of carbonyl (C=O) groups excluding carboxylic acids is 1. The predicted octanol–water partition coefficient (Wildman–Crippen LogP) is 1.09. The lowest BCUT2D eigenvalue weighted by atomic mass is 10.3. The van der Waals surface area contributed by atoms with Gasteiger partial charge >= 0.3 is 6.03 Å². The van der Waals surface area contributed by atoms with Crippen LogP contribution in [0.5, 0.6) is 5.75 Å². The minimum atomic E-state index is -3.83. The summed E-state index contributed by atoms with van der Waals surface area (Å²) in [6.45, 7) is 2.29. The largest absolute Gasteiger partial charge is 0.497 e. The van der Waals surface area contributed by atoms with E-state index in [9.17, 15) is 13.2 Å². The number of methoxy groups -OCH3 is 1. The van der Waals surface area contributed by atoms with Crippen LogP contribution in [0.2, 0.25) is 0 Å². The molecule has 0 radical (unpaired) electrons. The zero-order chi connectivity index (χ0) is 13.6. The number of benzene rings is 1. The van der Waals surface area contributed by atoms with E-state index in [2.05, 4.69) is 5.32 Å². The average Bonchev–Trinajstić information content (AvgIpc) is 2.36. The van der Waals surface area contributed by atoms with Crippen molar-refractivity contribution in [3.05, 3.63) is 24.3 Å². The monoisotopic (exact) mass is 272 g/mol. The van der Waals surface area contributed by atoms with Gasteiger partial charge in [0.15, 0.2) is 0 Å². The summed E-state index contributed by atoms with van der Waals surface area (Å²) in [5.41, 5.74) is 0. The van der Waals surface area contributed by atoms with Crippen LogP contribution in [0, 0.1) is 0 Å². The smallest absolute Gasteiger partial charge is 0.328 e. The summed E-state index contributed by atoms with van der Waals surface area (Å²) in [4.78, 5) is 11.3. The highest BCUT2D eigenvalue weighted by Crippen LogP contribution is 2.14. The van der Waals surface area contributed by atoms with Gasteiger partial charge in [0.1, 0.15) is 5.75 Å². The molecule has 0 aliphatic carbocycles. The van der Waals surface area contributed by atoms with Crippen molar-refractivity contribution in [1.29, 1.82) is 0 Å². The molecule has 0 aliphatic heterocycles. The summed E-state index contributed by atoms with van der Waals surface area (Å²) < 4.78 is 30.4. The fourth-order valence-electron chi connectivity index (χ4n) is 1.21. The van der Waals surface area contributed by atoms with Crippen molar-refractivity contribution >= 4 is 16.1 Å². The lowest BCUT2D eigenvalue weighted by Crippen LogP contribution is -2.39. The van der Waals surface area contributed by atoms with E-state index >= 15 is 0 Å². The Labute approximate surface area is 106 Å². The van der Waals surface area contributed by atoms with Crippen LogP contribution in [-0.4, -0.2) is 28.1 Å². The van der Waals surface area contributed by atoms with E-state index in [-0.39, 0.29) is 4.90 Å². The molecular weight excluding hydrogens is 256 g/mol. The zero-order valence-corrected chi connectivity index (χ0v) is 11.1. The van der Waals surface area contributed by atoms with Gasteiger partial charge in [0.2, 0.25) is 0 Å². The minimum absolute atomic E-state index is 0.00921. The third-order valence-electron chi connectivity index (χ3n) is 2.13. The van der Waals surface area contributed by atoms with Crippen LogP contribution in [0.3, 0.4) is 0 Å². The molecule has 100 valence electrons. The van der Waals surface area contributed by atoms with Crippen molar-refractivity contribution in [2.24, 2.45) is 0 Å². The Balaban J connectivity index is 2.76. The molecule has 0 spiro atoms. The molecule has 0 aliphatic rings. The number of amides is 2. The lowest BCUT2D eigenvalue weighted by Gasteiger charge is -2.08. The number of ether oxygens (including phenoxy) is 1. The van der Waals surface area contributed by atoms with E-state index < -0.39 is 16.1 Å². The second kappa shape index (κ2) is 6.25. The first-order valence-corrected chi connectivity index (χ1v) is 6.92. The molecule has 0 saturated heterocycles. The number of carbonyl (C=O) groups is 1. The average molecular weight is 272 g/mol. The molecule has 0 unspecified atom stereocenters. The van der Waals surface area contributed by atoms with Crippen molar-refractivity contribution in [3.8, 4) is 5.75 Å². The maximum atomic E-state index is 11.8. The summed E-state index contributed by atoms with van der Waals surface area (Å²) in [5, 5.41) is 2.43. The molecular formula is C11H16N2O4S. The van der Waals surface area contributed by atoms with Gasteiger partial charge < -0.3 is 10.1 Å². The third-order valence-corrected chi connectivity index (χ3v) is 3.48. The fraction of sp³-hybridized carbons (Fsp3) is 0.364. The van der Waals surface area contributed by atoms with Gasteiger partial charge in [-0.05, 0) is 30.7 Å². The van der Waals surface area contributed by atoms with E-state index in [4.69, 9.17) is 4.74 Å². The summed E-state index contributed by atoms with van der Waals surface area (Å²) >= 11 is 0. The molecule has 7 heteroatoms. The minimum Gasteiger partial charge on any atom is -0.497 e. The molecule has 2 N–H and O–H groups in total. The molecule has 1 rings (SSSR count). The number of rotatable bonds is 5. The highest BCUT2D eigenvalue weighted by molar-refractivity contribution is 7.90. The normalized spacial score (nSPS) is 10.8. The molecule has 0 bridgehead atoms. The fourth-order valence-corrected chi connectivity index (χ4v) is 2.14. The molecule has 0 saturated carbocycles. The van der Waals surface area contributed by atoms with Gasteiger partial charge in [-0.1, -0.05) is 6.92 Å². The molecule has 1 aromatic carbocycles. The van der Waals surface area contributed by atoms with E-state index in [1.807, 2.05) is 11.6 Å². The predicted molar refractivity (Wildman–Crippen MR) is 67.0 cm³/mol. The van der Waals surface area contributed by atoms with E-state index in [0.29, 0.717) is 12.3 Å².